The second-order valence-corrected chi connectivity index (χ2v) is 3.91. The molecule has 8 heteroatoms. The van der Waals surface area contributed by atoms with E-state index in [0.717, 1.165) is 0 Å². The smallest absolute Gasteiger partial charge is 0.405 e. The number of carboxylic acids is 1. The molecule has 0 saturated heterocycles. The minimum absolute atomic E-state index is 0.0779. The van der Waals surface area contributed by atoms with Gasteiger partial charge in [0.1, 0.15) is 6.04 Å². The van der Waals surface area contributed by atoms with Gasteiger partial charge in [0.05, 0.1) is 4.92 Å². The Balaban J connectivity index is 2.94. The summed E-state index contributed by atoms with van der Waals surface area (Å²) in [5.74, 6) is -1.31. The van der Waals surface area contributed by atoms with Gasteiger partial charge in [-0.25, -0.2) is 9.59 Å². The molecule has 1 amide bonds. The van der Waals surface area contributed by atoms with Crippen molar-refractivity contribution in [3.63, 3.8) is 0 Å². The Morgan fingerprint density at radius 2 is 2.05 bits per heavy atom. The number of nitrogens with zero attached hydrogens (tertiary/aromatic N) is 1. The molecule has 1 aromatic rings. The van der Waals surface area contributed by atoms with E-state index in [1.165, 1.54) is 18.2 Å². The average Bonchev–Trinajstić information content (AvgIpc) is 2.29. The van der Waals surface area contributed by atoms with Gasteiger partial charge in [0.25, 0.3) is 5.69 Å². The molecule has 0 saturated carbocycles. The largest absolute Gasteiger partial charge is 0.480 e. The van der Waals surface area contributed by atoms with Crippen LogP contribution in [0.25, 0.3) is 0 Å². The Morgan fingerprint density at radius 3 is 2.47 bits per heavy atom. The molecule has 19 heavy (non-hydrogen) atoms. The first kappa shape index (κ1) is 14.4. The Kier molecular flexibility index (Phi) is 4.41. The van der Waals surface area contributed by atoms with Gasteiger partial charge in [-0.1, -0.05) is 6.07 Å². The number of carboxylic acid groups (broad SMARTS) is 2. The molecule has 0 spiro atoms. The third-order valence-corrected chi connectivity index (χ3v) is 2.56. The van der Waals surface area contributed by atoms with Crippen LogP contribution in [0, 0.1) is 17.0 Å². The standard InChI is InChI=1S/C11H12N2O6/c1-6-4-8(13(18)19)3-2-7(6)5-9(10(14)15)12-11(16)17/h2-4,9,12H,5H2,1H3,(H,14,15)(H,16,17). The highest BCUT2D eigenvalue weighted by atomic mass is 16.6. The van der Waals surface area contributed by atoms with Crippen LogP contribution in [0.15, 0.2) is 18.2 Å². The molecule has 1 unspecified atom stereocenters. The number of carbonyl (C=O) groups is 2. The maximum absolute atomic E-state index is 10.9. The Labute approximate surface area is 107 Å². The number of hydrogen-bond acceptors (Lipinski definition) is 4. The fourth-order valence-electron chi connectivity index (χ4n) is 1.59. The lowest BCUT2D eigenvalue weighted by molar-refractivity contribution is -0.384. The van der Waals surface area contributed by atoms with E-state index in [1.807, 2.05) is 5.32 Å². The first-order chi connectivity index (χ1) is 8.81. The van der Waals surface area contributed by atoms with Gasteiger partial charge < -0.3 is 15.5 Å². The van der Waals surface area contributed by atoms with Crippen molar-refractivity contribution in [3.05, 3.63) is 39.4 Å². The van der Waals surface area contributed by atoms with Gasteiger partial charge in [-0.05, 0) is 18.1 Å². The van der Waals surface area contributed by atoms with Gasteiger partial charge in [-0.15, -0.1) is 0 Å². The number of aryl methyl sites for hydroxylation is 1. The number of nitro groups is 1. The highest BCUT2D eigenvalue weighted by Crippen LogP contribution is 2.18. The fourth-order valence-corrected chi connectivity index (χ4v) is 1.59. The van der Waals surface area contributed by atoms with Gasteiger partial charge in [0.15, 0.2) is 0 Å². The summed E-state index contributed by atoms with van der Waals surface area (Å²) in [5, 5.41) is 29.9. The maximum Gasteiger partial charge on any atom is 0.405 e. The lowest BCUT2D eigenvalue weighted by Crippen LogP contribution is -2.41. The molecule has 8 nitrogen and oxygen atoms in total. The number of nitro benzene ring substituents is 1. The number of rotatable bonds is 5. The molecule has 1 atom stereocenters. The number of non-ortho nitro benzene ring substituents is 1. The lowest BCUT2D eigenvalue weighted by Gasteiger charge is -2.13. The second kappa shape index (κ2) is 5.80. The lowest BCUT2D eigenvalue weighted by atomic mass is 10.0. The monoisotopic (exact) mass is 268 g/mol. The van der Waals surface area contributed by atoms with Gasteiger partial charge in [0, 0.05) is 18.6 Å². The molecule has 0 aliphatic heterocycles. The minimum Gasteiger partial charge on any atom is -0.480 e. The molecule has 0 aliphatic rings. The first-order valence-electron chi connectivity index (χ1n) is 5.27. The predicted octanol–water partition coefficient (Wildman–Crippen LogP) is 1.17. The number of nitrogens with one attached hydrogen (secondary N) is 1. The molecular weight excluding hydrogens is 256 g/mol. The van der Waals surface area contributed by atoms with Crippen LogP contribution < -0.4 is 5.32 Å². The van der Waals surface area contributed by atoms with Crippen LogP contribution >= 0.6 is 0 Å². The molecule has 0 aliphatic carbocycles. The number of aliphatic carboxylic acids is 1. The van der Waals surface area contributed by atoms with Crippen molar-refractivity contribution in [1.82, 2.24) is 5.32 Å². The molecule has 0 fully saturated rings. The summed E-state index contributed by atoms with van der Waals surface area (Å²) < 4.78 is 0. The topological polar surface area (TPSA) is 130 Å². The average molecular weight is 268 g/mol. The second-order valence-electron chi connectivity index (χ2n) is 3.91. The SMILES string of the molecule is Cc1cc([N+](=O)[O-])ccc1CC(NC(=O)O)C(=O)O. The zero-order valence-corrected chi connectivity index (χ0v) is 9.99. The van der Waals surface area contributed by atoms with E-state index in [9.17, 15) is 19.7 Å². The molecule has 1 rings (SSSR count). The van der Waals surface area contributed by atoms with Crippen LogP contribution in [0.2, 0.25) is 0 Å². The van der Waals surface area contributed by atoms with E-state index >= 15 is 0 Å². The van der Waals surface area contributed by atoms with Crippen LogP contribution in [0.3, 0.4) is 0 Å². The molecule has 0 heterocycles. The quantitative estimate of drug-likeness (QED) is 0.542. The van der Waals surface area contributed by atoms with Gasteiger partial charge in [-0.3, -0.25) is 10.1 Å². The first-order valence-corrected chi connectivity index (χ1v) is 5.27. The summed E-state index contributed by atoms with van der Waals surface area (Å²) in [6, 6.07) is 2.70. The summed E-state index contributed by atoms with van der Waals surface area (Å²) in [5.41, 5.74) is 0.971. The summed E-state index contributed by atoms with van der Waals surface area (Å²) >= 11 is 0. The fraction of sp³-hybridized carbons (Fsp3) is 0.273. The number of benzene rings is 1. The highest BCUT2D eigenvalue weighted by Gasteiger charge is 2.21. The molecule has 102 valence electrons. The van der Waals surface area contributed by atoms with E-state index in [4.69, 9.17) is 10.2 Å². The highest BCUT2D eigenvalue weighted by molar-refractivity contribution is 5.79. The summed E-state index contributed by atoms with van der Waals surface area (Å²) in [4.78, 5) is 31.4. The van der Waals surface area contributed by atoms with Crippen molar-refractivity contribution in [1.29, 1.82) is 0 Å². The third kappa shape index (κ3) is 3.95. The van der Waals surface area contributed by atoms with E-state index in [-0.39, 0.29) is 12.1 Å². The van der Waals surface area contributed by atoms with Crippen molar-refractivity contribution in [2.75, 3.05) is 0 Å². The maximum atomic E-state index is 10.9. The summed E-state index contributed by atoms with van der Waals surface area (Å²) in [7, 11) is 0. The Hall–Kier alpha value is -2.64. The van der Waals surface area contributed by atoms with Gasteiger partial charge in [0.2, 0.25) is 0 Å². The minimum atomic E-state index is -1.44. The Bertz CT molecular complexity index is 528. The van der Waals surface area contributed by atoms with Crippen molar-refractivity contribution < 1.29 is 24.7 Å². The molecule has 0 radical (unpaired) electrons. The Morgan fingerprint density at radius 1 is 1.42 bits per heavy atom. The van der Waals surface area contributed by atoms with Crippen LogP contribution in [0.1, 0.15) is 11.1 Å². The zero-order valence-electron chi connectivity index (χ0n) is 9.99. The van der Waals surface area contributed by atoms with Crippen molar-refractivity contribution in [2.45, 2.75) is 19.4 Å². The number of hydrogen-bond donors (Lipinski definition) is 3. The van der Waals surface area contributed by atoms with Crippen molar-refractivity contribution in [3.8, 4) is 0 Å². The van der Waals surface area contributed by atoms with E-state index in [0.29, 0.717) is 11.1 Å². The van der Waals surface area contributed by atoms with Crippen LogP contribution in [-0.4, -0.2) is 33.2 Å². The molecule has 0 bridgehead atoms. The number of amides is 1. The molecule has 3 N–H and O–H groups in total. The normalized spacial score (nSPS) is 11.6. The third-order valence-electron chi connectivity index (χ3n) is 2.56. The van der Waals surface area contributed by atoms with E-state index in [2.05, 4.69) is 0 Å². The van der Waals surface area contributed by atoms with Gasteiger partial charge >= 0.3 is 12.1 Å². The molecule has 1 aromatic carbocycles. The molecular formula is C11H12N2O6. The van der Waals surface area contributed by atoms with Gasteiger partial charge in [-0.2, -0.15) is 0 Å². The molecule has 0 aromatic heterocycles. The summed E-state index contributed by atoms with van der Waals surface area (Å²) in [6.45, 7) is 1.60. The van der Waals surface area contributed by atoms with Crippen molar-refractivity contribution in [2.24, 2.45) is 0 Å². The van der Waals surface area contributed by atoms with Crippen molar-refractivity contribution >= 4 is 17.7 Å². The van der Waals surface area contributed by atoms with E-state index in [1.54, 1.807) is 6.92 Å². The van der Waals surface area contributed by atoms with E-state index < -0.39 is 23.0 Å². The van der Waals surface area contributed by atoms with Crippen LogP contribution in [0.4, 0.5) is 10.5 Å². The summed E-state index contributed by atoms with van der Waals surface area (Å²) in [6.07, 6.45) is -1.52. The predicted molar refractivity (Wildman–Crippen MR) is 64.1 cm³/mol. The zero-order chi connectivity index (χ0) is 14.6. The van der Waals surface area contributed by atoms with Crippen LogP contribution in [0.5, 0.6) is 0 Å². The van der Waals surface area contributed by atoms with Crippen LogP contribution in [-0.2, 0) is 11.2 Å².